The number of hydrogen-bond acceptors (Lipinski definition) is 5. The number of piperazine rings is 1. The summed E-state index contributed by atoms with van der Waals surface area (Å²) in [5.41, 5.74) is 7.85. The fourth-order valence-corrected chi connectivity index (χ4v) is 2.74. The van der Waals surface area contributed by atoms with Crippen molar-refractivity contribution >= 4 is 23.1 Å². The lowest BCUT2D eigenvalue weighted by Gasteiger charge is -2.35. The highest BCUT2D eigenvalue weighted by Crippen LogP contribution is 2.22. The molecule has 0 aliphatic carbocycles. The van der Waals surface area contributed by atoms with E-state index in [1.54, 1.807) is 18.6 Å². The van der Waals surface area contributed by atoms with Crippen molar-refractivity contribution in [3.63, 3.8) is 0 Å². The molecule has 0 saturated carbocycles. The molecule has 2 N–H and O–H groups in total. The molecule has 2 aromatic heterocycles. The normalized spacial score (nSPS) is 16.1. The molecule has 3 rings (SSSR count). The Hall–Kier alpha value is -1.85. The molecular weight excluding hydrogens is 286 g/mol. The third-order valence-corrected chi connectivity index (χ3v) is 4.08. The van der Waals surface area contributed by atoms with Crippen molar-refractivity contribution in [2.75, 3.05) is 36.8 Å². The van der Waals surface area contributed by atoms with E-state index in [1.807, 2.05) is 18.2 Å². The highest BCUT2D eigenvalue weighted by Gasteiger charge is 2.19. The maximum absolute atomic E-state index is 6.16. The topological polar surface area (TPSA) is 58.3 Å². The third-order valence-electron chi connectivity index (χ3n) is 3.74. The van der Waals surface area contributed by atoms with Crippen molar-refractivity contribution in [1.82, 2.24) is 14.9 Å². The van der Waals surface area contributed by atoms with Gasteiger partial charge in [-0.1, -0.05) is 11.6 Å². The summed E-state index contributed by atoms with van der Waals surface area (Å²) in [5.74, 6) is 0.888. The Morgan fingerprint density at radius 1 is 1.14 bits per heavy atom. The van der Waals surface area contributed by atoms with Crippen molar-refractivity contribution in [3.05, 3.63) is 47.4 Å². The summed E-state index contributed by atoms with van der Waals surface area (Å²) in [4.78, 5) is 13.0. The summed E-state index contributed by atoms with van der Waals surface area (Å²) in [5, 5.41) is 0.730. The molecule has 110 valence electrons. The number of rotatable bonds is 3. The highest BCUT2D eigenvalue weighted by molar-refractivity contribution is 6.31. The Kier molecular flexibility index (Phi) is 4.22. The molecule has 1 aliphatic heterocycles. The van der Waals surface area contributed by atoms with Gasteiger partial charge in [-0.25, -0.2) is 4.98 Å². The van der Waals surface area contributed by atoms with E-state index in [9.17, 15) is 0 Å². The first-order chi connectivity index (χ1) is 10.2. The van der Waals surface area contributed by atoms with E-state index < -0.39 is 0 Å². The van der Waals surface area contributed by atoms with Gasteiger partial charge in [0.1, 0.15) is 0 Å². The predicted octanol–water partition coefficient (Wildman–Crippen LogP) is 2.03. The van der Waals surface area contributed by atoms with E-state index in [4.69, 9.17) is 17.3 Å². The largest absolute Gasteiger partial charge is 0.396 e. The lowest BCUT2D eigenvalue weighted by atomic mass is 10.2. The van der Waals surface area contributed by atoms with Crippen LogP contribution in [0.5, 0.6) is 0 Å². The Morgan fingerprint density at radius 3 is 2.67 bits per heavy atom. The Labute approximate surface area is 129 Å². The third kappa shape index (κ3) is 3.25. The molecule has 1 aliphatic rings. The van der Waals surface area contributed by atoms with E-state index in [-0.39, 0.29) is 0 Å². The first kappa shape index (κ1) is 14.1. The monoisotopic (exact) mass is 303 g/mol. The van der Waals surface area contributed by atoms with Gasteiger partial charge in [0.2, 0.25) is 0 Å². The molecule has 0 spiro atoms. The van der Waals surface area contributed by atoms with E-state index in [2.05, 4.69) is 19.8 Å². The van der Waals surface area contributed by atoms with Gasteiger partial charge >= 0.3 is 0 Å². The van der Waals surface area contributed by atoms with Crippen LogP contribution in [0, 0.1) is 0 Å². The summed E-state index contributed by atoms with van der Waals surface area (Å²) in [6.07, 6.45) is 5.27. The van der Waals surface area contributed by atoms with E-state index in [0.29, 0.717) is 0 Å². The quantitative estimate of drug-likeness (QED) is 0.940. The molecule has 0 radical (unpaired) electrons. The SMILES string of the molecule is Nc1cccnc1N1CCN(Cc2ccncc2Cl)CC1. The Balaban J connectivity index is 1.61. The summed E-state index contributed by atoms with van der Waals surface area (Å²) in [6.45, 7) is 4.63. The molecule has 21 heavy (non-hydrogen) atoms. The van der Waals surface area contributed by atoms with Crippen LogP contribution < -0.4 is 10.6 Å². The number of nitrogen functional groups attached to an aromatic ring is 1. The summed E-state index contributed by atoms with van der Waals surface area (Å²) in [6, 6.07) is 5.73. The van der Waals surface area contributed by atoms with E-state index in [0.717, 1.165) is 54.8 Å². The zero-order chi connectivity index (χ0) is 14.7. The zero-order valence-electron chi connectivity index (χ0n) is 11.7. The fourth-order valence-electron chi connectivity index (χ4n) is 2.56. The second-order valence-electron chi connectivity index (χ2n) is 5.15. The van der Waals surface area contributed by atoms with E-state index >= 15 is 0 Å². The van der Waals surface area contributed by atoms with Gasteiger partial charge in [0.25, 0.3) is 0 Å². The van der Waals surface area contributed by atoms with Gasteiger partial charge in [-0.3, -0.25) is 9.88 Å². The maximum Gasteiger partial charge on any atom is 0.151 e. The zero-order valence-corrected chi connectivity index (χ0v) is 12.5. The van der Waals surface area contributed by atoms with Crippen LogP contribution in [0.25, 0.3) is 0 Å². The number of anilines is 2. The number of pyridine rings is 2. The number of aromatic nitrogens is 2. The van der Waals surface area contributed by atoms with Crippen LogP contribution in [0.4, 0.5) is 11.5 Å². The van der Waals surface area contributed by atoms with Crippen molar-refractivity contribution in [1.29, 1.82) is 0 Å². The molecule has 0 aromatic carbocycles. The number of hydrogen-bond donors (Lipinski definition) is 1. The van der Waals surface area contributed by atoms with Crippen LogP contribution in [0.2, 0.25) is 5.02 Å². The maximum atomic E-state index is 6.16. The molecule has 5 nitrogen and oxygen atoms in total. The van der Waals surface area contributed by atoms with Crippen molar-refractivity contribution in [3.8, 4) is 0 Å². The molecular formula is C15H18ClN5. The number of halogens is 1. The second-order valence-corrected chi connectivity index (χ2v) is 5.55. The summed E-state index contributed by atoms with van der Waals surface area (Å²) in [7, 11) is 0. The standard InChI is InChI=1S/C15H18ClN5/c16-13-10-18-5-3-12(13)11-20-6-8-21(9-7-20)15-14(17)2-1-4-19-15/h1-5,10H,6-9,11,17H2. The van der Waals surface area contributed by atoms with Gasteiger partial charge in [-0.2, -0.15) is 0 Å². The number of nitrogens with two attached hydrogens (primary N) is 1. The number of nitrogens with zero attached hydrogens (tertiary/aromatic N) is 4. The van der Waals surface area contributed by atoms with Crippen molar-refractivity contribution < 1.29 is 0 Å². The molecule has 1 saturated heterocycles. The van der Waals surface area contributed by atoms with Gasteiger partial charge in [-0.05, 0) is 23.8 Å². The molecule has 0 atom stereocenters. The molecule has 3 heterocycles. The van der Waals surface area contributed by atoms with Crippen LogP contribution in [-0.4, -0.2) is 41.0 Å². The predicted molar refractivity (Wildman–Crippen MR) is 85.4 cm³/mol. The molecule has 0 bridgehead atoms. The summed E-state index contributed by atoms with van der Waals surface area (Å²) < 4.78 is 0. The van der Waals surface area contributed by atoms with Gasteiger partial charge in [-0.15, -0.1) is 0 Å². The van der Waals surface area contributed by atoms with Crippen LogP contribution >= 0.6 is 11.6 Å². The summed E-state index contributed by atoms with van der Waals surface area (Å²) >= 11 is 6.16. The molecule has 0 unspecified atom stereocenters. The molecule has 0 amide bonds. The van der Waals surface area contributed by atoms with Gasteiger partial charge in [0.05, 0.1) is 10.7 Å². The first-order valence-electron chi connectivity index (χ1n) is 7.00. The minimum absolute atomic E-state index is 0.730. The Morgan fingerprint density at radius 2 is 1.95 bits per heavy atom. The fraction of sp³-hybridized carbons (Fsp3) is 0.333. The minimum atomic E-state index is 0.730. The first-order valence-corrected chi connectivity index (χ1v) is 7.38. The van der Waals surface area contributed by atoms with Crippen LogP contribution in [0.15, 0.2) is 36.8 Å². The Bertz CT molecular complexity index is 611. The second kappa shape index (κ2) is 6.28. The van der Waals surface area contributed by atoms with Gasteiger partial charge < -0.3 is 10.6 Å². The molecule has 2 aromatic rings. The van der Waals surface area contributed by atoms with Crippen molar-refractivity contribution in [2.24, 2.45) is 0 Å². The smallest absolute Gasteiger partial charge is 0.151 e. The molecule has 6 heteroatoms. The van der Waals surface area contributed by atoms with Gasteiger partial charge in [0.15, 0.2) is 5.82 Å². The average molecular weight is 304 g/mol. The van der Waals surface area contributed by atoms with Crippen LogP contribution in [0.3, 0.4) is 0 Å². The van der Waals surface area contributed by atoms with Gasteiger partial charge in [0, 0.05) is 51.3 Å². The van der Waals surface area contributed by atoms with Crippen LogP contribution in [-0.2, 0) is 6.54 Å². The lowest BCUT2D eigenvalue weighted by Crippen LogP contribution is -2.46. The van der Waals surface area contributed by atoms with Crippen LogP contribution in [0.1, 0.15) is 5.56 Å². The lowest BCUT2D eigenvalue weighted by molar-refractivity contribution is 0.249. The van der Waals surface area contributed by atoms with E-state index in [1.165, 1.54) is 0 Å². The van der Waals surface area contributed by atoms with Crippen molar-refractivity contribution in [2.45, 2.75) is 6.54 Å². The minimum Gasteiger partial charge on any atom is -0.396 e. The highest BCUT2D eigenvalue weighted by atomic mass is 35.5. The molecule has 1 fully saturated rings. The average Bonchev–Trinajstić information content (AvgIpc) is 2.51.